The zero-order valence-corrected chi connectivity index (χ0v) is 13.7. The lowest BCUT2D eigenvalue weighted by Crippen LogP contribution is -2.44. The van der Waals surface area contributed by atoms with E-state index in [4.69, 9.17) is 9.15 Å². The number of esters is 1. The highest BCUT2D eigenvalue weighted by molar-refractivity contribution is 7.13. The number of likely N-dealkylation sites (tertiary alicyclic amines) is 1. The maximum absolute atomic E-state index is 11.9. The summed E-state index contributed by atoms with van der Waals surface area (Å²) in [5.74, 6) is 1.33. The summed E-state index contributed by atoms with van der Waals surface area (Å²) in [6.07, 6.45) is 3.01. The summed E-state index contributed by atoms with van der Waals surface area (Å²) >= 11 is 1.61. The zero-order chi connectivity index (χ0) is 15.5. The van der Waals surface area contributed by atoms with Gasteiger partial charge >= 0.3 is 5.97 Å². The standard InChI is InChI=1S/C16H20N2O3S/c1-11-12(17-15(21-11)14-7-5-9-22-14)10-18-8-4-3-6-13(18)16(19)20-2/h5,7,9,13H,3-4,6,8,10H2,1-2H3/t13-/m0/s1. The van der Waals surface area contributed by atoms with Crippen LogP contribution < -0.4 is 0 Å². The fourth-order valence-corrected chi connectivity index (χ4v) is 3.50. The first kappa shape index (κ1) is 15.2. The van der Waals surface area contributed by atoms with Crippen LogP contribution in [0.1, 0.15) is 30.7 Å². The van der Waals surface area contributed by atoms with Crippen LogP contribution in [-0.4, -0.2) is 35.5 Å². The van der Waals surface area contributed by atoms with Crippen LogP contribution in [0.3, 0.4) is 0 Å². The van der Waals surface area contributed by atoms with Gasteiger partial charge in [0, 0.05) is 6.54 Å². The van der Waals surface area contributed by atoms with Crippen LogP contribution in [0.4, 0.5) is 0 Å². The van der Waals surface area contributed by atoms with E-state index in [9.17, 15) is 4.79 Å². The van der Waals surface area contributed by atoms with Crippen molar-refractivity contribution in [3.8, 4) is 10.8 Å². The molecule has 1 saturated heterocycles. The Morgan fingerprint density at radius 2 is 2.41 bits per heavy atom. The molecule has 1 aliphatic heterocycles. The van der Waals surface area contributed by atoms with Crippen molar-refractivity contribution in [1.29, 1.82) is 0 Å². The molecule has 0 bridgehead atoms. The molecule has 2 aromatic rings. The van der Waals surface area contributed by atoms with E-state index in [1.165, 1.54) is 7.11 Å². The van der Waals surface area contributed by atoms with Crippen molar-refractivity contribution >= 4 is 17.3 Å². The molecular formula is C16H20N2O3S. The SMILES string of the molecule is COC(=O)[C@@H]1CCCCN1Cc1nc(-c2cccs2)oc1C. The van der Waals surface area contributed by atoms with Gasteiger partial charge in [-0.1, -0.05) is 12.5 Å². The highest BCUT2D eigenvalue weighted by Crippen LogP contribution is 2.28. The molecule has 0 unspecified atom stereocenters. The maximum atomic E-state index is 11.9. The Bertz CT molecular complexity index is 636. The van der Waals surface area contributed by atoms with Crippen LogP contribution in [0, 0.1) is 6.92 Å². The van der Waals surface area contributed by atoms with Crippen molar-refractivity contribution in [2.75, 3.05) is 13.7 Å². The Morgan fingerprint density at radius 1 is 1.55 bits per heavy atom. The Balaban J connectivity index is 1.78. The normalized spacial score (nSPS) is 19.3. The number of thiophene rings is 1. The lowest BCUT2D eigenvalue weighted by molar-refractivity contribution is -0.148. The molecule has 0 aliphatic carbocycles. The summed E-state index contributed by atoms with van der Waals surface area (Å²) in [5.41, 5.74) is 0.902. The number of methoxy groups -OCH3 is 1. The molecule has 2 aromatic heterocycles. The van der Waals surface area contributed by atoms with Crippen molar-refractivity contribution in [1.82, 2.24) is 9.88 Å². The molecule has 1 aliphatic rings. The second kappa shape index (κ2) is 6.62. The van der Waals surface area contributed by atoms with E-state index in [1.54, 1.807) is 11.3 Å². The first-order valence-corrected chi connectivity index (χ1v) is 8.39. The number of nitrogens with zero attached hydrogens (tertiary/aromatic N) is 2. The van der Waals surface area contributed by atoms with E-state index >= 15 is 0 Å². The van der Waals surface area contributed by atoms with E-state index in [0.717, 1.165) is 42.1 Å². The highest BCUT2D eigenvalue weighted by Gasteiger charge is 2.30. The molecule has 0 saturated carbocycles. The van der Waals surface area contributed by atoms with Crippen molar-refractivity contribution < 1.29 is 13.9 Å². The van der Waals surface area contributed by atoms with Gasteiger partial charge in [-0.25, -0.2) is 4.98 Å². The van der Waals surface area contributed by atoms with Gasteiger partial charge in [-0.2, -0.15) is 0 Å². The van der Waals surface area contributed by atoms with Gasteiger partial charge in [0.15, 0.2) is 0 Å². The van der Waals surface area contributed by atoms with Crippen LogP contribution in [0.5, 0.6) is 0 Å². The van der Waals surface area contributed by atoms with Gasteiger partial charge in [0.2, 0.25) is 5.89 Å². The maximum Gasteiger partial charge on any atom is 0.323 e. The van der Waals surface area contributed by atoms with Crippen molar-refractivity contribution in [2.45, 2.75) is 38.8 Å². The quantitative estimate of drug-likeness (QED) is 0.810. The van der Waals surface area contributed by atoms with Gasteiger partial charge < -0.3 is 9.15 Å². The first-order valence-electron chi connectivity index (χ1n) is 7.51. The second-order valence-electron chi connectivity index (χ2n) is 5.50. The molecule has 3 rings (SSSR count). The molecule has 1 fully saturated rings. The van der Waals surface area contributed by atoms with Gasteiger partial charge in [0.25, 0.3) is 0 Å². The average molecular weight is 320 g/mol. The lowest BCUT2D eigenvalue weighted by atomic mass is 10.0. The molecule has 0 spiro atoms. The number of carbonyl (C=O) groups is 1. The van der Waals surface area contributed by atoms with Crippen molar-refractivity contribution in [3.63, 3.8) is 0 Å². The molecule has 0 amide bonds. The van der Waals surface area contributed by atoms with Crippen LogP contribution >= 0.6 is 11.3 Å². The number of carbonyl (C=O) groups excluding carboxylic acids is 1. The number of aromatic nitrogens is 1. The summed E-state index contributed by atoms with van der Waals surface area (Å²) < 4.78 is 10.7. The fraction of sp³-hybridized carbons (Fsp3) is 0.500. The number of oxazole rings is 1. The van der Waals surface area contributed by atoms with Crippen LogP contribution in [0.2, 0.25) is 0 Å². The molecule has 0 aromatic carbocycles. The number of ether oxygens (including phenoxy) is 1. The Kier molecular flexibility index (Phi) is 4.59. The van der Waals surface area contributed by atoms with E-state index in [0.29, 0.717) is 12.4 Å². The third-order valence-electron chi connectivity index (χ3n) is 4.06. The van der Waals surface area contributed by atoms with Crippen LogP contribution in [-0.2, 0) is 16.1 Å². The van der Waals surface area contributed by atoms with E-state index < -0.39 is 0 Å². The second-order valence-corrected chi connectivity index (χ2v) is 6.45. The third kappa shape index (κ3) is 3.08. The number of hydrogen-bond acceptors (Lipinski definition) is 6. The molecule has 0 N–H and O–H groups in total. The summed E-state index contributed by atoms with van der Waals surface area (Å²) in [4.78, 5) is 19.7. The largest absolute Gasteiger partial charge is 0.468 e. The Morgan fingerprint density at radius 3 is 3.14 bits per heavy atom. The topological polar surface area (TPSA) is 55.6 Å². The molecule has 6 heteroatoms. The van der Waals surface area contributed by atoms with Gasteiger partial charge in [-0.15, -0.1) is 11.3 Å². The van der Waals surface area contributed by atoms with Gasteiger partial charge in [0.05, 0.1) is 17.7 Å². The summed E-state index contributed by atoms with van der Waals surface area (Å²) in [6, 6.07) is 3.81. The number of piperidine rings is 1. The monoisotopic (exact) mass is 320 g/mol. The smallest absolute Gasteiger partial charge is 0.323 e. The van der Waals surface area contributed by atoms with Crippen molar-refractivity contribution in [2.24, 2.45) is 0 Å². The molecule has 3 heterocycles. The molecule has 22 heavy (non-hydrogen) atoms. The van der Waals surface area contributed by atoms with Crippen LogP contribution in [0.25, 0.3) is 10.8 Å². The van der Waals surface area contributed by atoms with Gasteiger partial charge in [-0.3, -0.25) is 9.69 Å². The number of rotatable bonds is 4. The molecule has 5 nitrogen and oxygen atoms in total. The van der Waals surface area contributed by atoms with E-state index in [1.807, 2.05) is 24.4 Å². The van der Waals surface area contributed by atoms with E-state index in [-0.39, 0.29) is 12.0 Å². The Hall–Kier alpha value is -1.66. The number of hydrogen-bond donors (Lipinski definition) is 0. The summed E-state index contributed by atoms with van der Waals surface area (Å²) in [7, 11) is 1.45. The van der Waals surface area contributed by atoms with Gasteiger partial charge in [0.1, 0.15) is 11.8 Å². The molecule has 118 valence electrons. The summed E-state index contributed by atoms with van der Waals surface area (Å²) in [5, 5.41) is 2.01. The average Bonchev–Trinajstić information content (AvgIpc) is 3.17. The van der Waals surface area contributed by atoms with E-state index in [2.05, 4.69) is 9.88 Å². The highest BCUT2D eigenvalue weighted by atomic mass is 32.1. The minimum Gasteiger partial charge on any atom is -0.468 e. The summed E-state index contributed by atoms with van der Waals surface area (Å²) in [6.45, 7) is 3.44. The molecule has 0 radical (unpaired) electrons. The number of aryl methyl sites for hydroxylation is 1. The molecule has 1 atom stereocenters. The predicted molar refractivity (Wildman–Crippen MR) is 84.6 cm³/mol. The molecular weight excluding hydrogens is 300 g/mol. The zero-order valence-electron chi connectivity index (χ0n) is 12.9. The van der Waals surface area contributed by atoms with Gasteiger partial charge in [-0.05, 0) is 37.8 Å². The Labute approximate surface area is 133 Å². The predicted octanol–water partition coefficient (Wildman–Crippen LogP) is 3.24. The third-order valence-corrected chi connectivity index (χ3v) is 4.92. The minimum absolute atomic E-state index is 0.153. The lowest BCUT2D eigenvalue weighted by Gasteiger charge is -2.33. The fourth-order valence-electron chi connectivity index (χ4n) is 2.86. The van der Waals surface area contributed by atoms with Crippen LogP contribution in [0.15, 0.2) is 21.9 Å². The first-order chi connectivity index (χ1) is 10.7. The minimum atomic E-state index is -0.167. The van der Waals surface area contributed by atoms with Crippen molar-refractivity contribution in [3.05, 3.63) is 29.0 Å².